The Kier molecular flexibility index (Phi) is 25.3. The van der Waals surface area contributed by atoms with Crippen molar-refractivity contribution in [3.8, 4) is 107 Å². The van der Waals surface area contributed by atoms with Crippen LogP contribution in [0.4, 0.5) is 0 Å². The summed E-state index contributed by atoms with van der Waals surface area (Å²) in [5.74, 6) is 3.37. The van der Waals surface area contributed by atoms with E-state index in [1.165, 1.54) is 135 Å². The van der Waals surface area contributed by atoms with E-state index in [1.54, 1.807) is 0 Å². The zero-order valence-electron chi connectivity index (χ0n) is 69.8. The second kappa shape index (κ2) is 36.6. The Bertz CT molecular complexity index is 7010. The van der Waals surface area contributed by atoms with Gasteiger partial charge in [-0.15, -0.1) is 106 Å². The predicted molar refractivity (Wildman–Crippen MR) is 494 cm³/mol. The monoisotopic (exact) mass is 2090 g/mol. The van der Waals surface area contributed by atoms with Gasteiger partial charge in [-0.2, -0.15) is 0 Å². The van der Waals surface area contributed by atoms with Gasteiger partial charge in [0.2, 0.25) is 0 Å². The van der Waals surface area contributed by atoms with E-state index in [2.05, 4.69) is 416 Å². The largest absolute Gasteiger partial charge is 0.333 e. The molecule has 20 aromatic rings. The van der Waals surface area contributed by atoms with Crippen LogP contribution in [-0.4, -0.2) is 28.7 Å². The van der Waals surface area contributed by atoms with Crippen molar-refractivity contribution >= 4 is 65.4 Å². The molecule has 3 heterocycles. The van der Waals surface area contributed by atoms with Gasteiger partial charge < -0.3 is 13.7 Å². The Morgan fingerprint density at radius 3 is 1.03 bits per heavy atom. The zero-order valence-corrected chi connectivity index (χ0v) is 76.0. The molecule has 17 aromatic carbocycles. The summed E-state index contributed by atoms with van der Waals surface area (Å²) in [5, 5.41) is 7.30. The Balaban J connectivity index is 0.000000146. The number of fused-ring (bicyclic) bond motifs is 6. The number of nitrogens with zero attached hydrogens (tertiary/aromatic N) is 6. The Morgan fingerprint density at radius 2 is 0.583 bits per heavy atom. The number of rotatable bonds is 13. The Hall–Kier alpha value is -12.1. The first kappa shape index (κ1) is 83.0. The van der Waals surface area contributed by atoms with Gasteiger partial charge in [0.25, 0.3) is 0 Å². The van der Waals surface area contributed by atoms with Gasteiger partial charge in [-0.3, -0.25) is 15.0 Å². The fourth-order valence-electron chi connectivity index (χ4n) is 16.9. The number of hydrogen-bond acceptors (Lipinski definition) is 3. The predicted octanol–water partition coefficient (Wildman–Crippen LogP) is 29.7. The van der Waals surface area contributed by atoms with Crippen molar-refractivity contribution in [3.63, 3.8) is 0 Å². The number of para-hydroxylation sites is 3. The third-order valence-electron chi connectivity index (χ3n) is 22.5. The molecule has 0 atom stereocenters. The molecular formula is C111H91Ir3N6-3. The van der Waals surface area contributed by atoms with Crippen molar-refractivity contribution in [2.24, 2.45) is 0 Å². The number of aromatic nitrogens is 6. The molecule has 0 aliphatic rings. The summed E-state index contributed by atoms with van der Waals surface area (Å²) in [5.41, 5.74) is 33.6. The van der Waals surface area contributed by atoms with Gasteiger partial charge in [0, 0.05) is 78.7 Å². The second-order valence-corrected chi connectivity index (χ2v) is 31.2. The van der Waals surface area contributed by atoms with Gasteiger partial charge in [0.15, 0.2) is 0 Å². The van der Waals surface area contributed by atoms with Crippen LogP contribution in [0.5, 0.6) is 0 Å². The molecule has 3 aromatic heterocycles. The number of aryl methyl sites for hydroxylation is 5. The molecule has 0 aliphatic heterocycles. The van der Waals surface area contributed by atoms with Gasteiger partial charge in [-0.05, 0) is 206 Å². The first-order chi connectivity index (χ1) is 57.7. The van der Waals surface area contributed by atoms with Gasteiger partial charge in [-0.1, -0.05) is 283 Å². The molecule has 9 heteroatoms. The summed E-state index contributed by atoms with van der Waals surface area (Å²) in [6.07, 6.45) is 0. The SMILES string of the molecule is CC(C)c1cc(-c2ccccc2)cc(C(C)C)c1-n1c(-c2[c-]ccc(-c3ccc4ccccc4c3)c2)nc2ccccc21.Cc1cc(C)c(-n2c(-c3[c-]ccc(-c4ccccc4)c3)nc3cc4ccccc4cc32)c(C)c1.Cc1cccc(C)c1-n1c(-c2[c-]ccc(-c3ccc(-c4ccccc4)cc3)c2)nc2cc3ccccc3cc21.[2H]C.[Ir].[Ir].[Ir]. The van der Waals surface area contributed by atoms with E-state index in [-0.39, 0.29) is 60.3 Å². The van der Waals surface area contributed by atoms with Crippen molar-refractivity contribution in [2.75, 3.05) is 0 Å². The first-order valence-corrected chi connectivity index (χ1v) is 40.2. The van der Waals surface area contributed by atoms with Crippen LogP contribution in [0.3, 0.4) is 0 Å². The van der Waals surface area contributed by atoms with Gasteiger partial charge >= 0.3 is 0 Å². The fraction of sp³-hybridized carbons (Fsp3) is 0.108. The molecule has 0 aliphatic carbocycles. The summed E-state index contributed by atoms with van der Waals surface area (Å²) in [7, 11) is 1.25. The molecule has 0 bridgehead atoms. The quantitative estimate of drug-likeness (QED) is 0.108. The summed E-state index contributed by atoms with van der Waals surface area (Å²) >= 11 is 0. The van der Waals surface area contributed by atoms with Crippen LogP contribution >= 0.6 is 0 Å². The summed E-state index contributed by atoms with van der Waals surface area (Å²) < 4.78 is 12.8. The van der Waals surface area contributed by atoms with Gasteiger partial charge in [0.1, 0.15) is 0 Å². The molecule has 20 rings (SSSR count). The number of benzene rings is 17. The number of hydrogen-bond donors (Lipinski definition) is 0. The van der Waals surface area contributed by atoms with E-state index >= 15 is 0 Å². The number of imidazole rings is 3. The van der Waals surface area contributed by atoms with Crippen molar-refractivity contribution < 1.29 is 61.7 Å². The van der Waals surface area contributed by atoms with Crippen LogP contribution in [0, 0.1) is 52.8 Å². The molecular weight excluding hydrogens is 1990 g/mol. The van der Waals surface area contributed by atoms with Crippen LogP contribution in [0.25, 0.3) is 172 Å². The fourth-order valence-corrected chi connectivity index (χ4v) is 16.9. The van der Waals surface area contributed by atoms with E-state index in [0.29, 0.717) is 11.8 Å². The van der Waals surface area contributed by atoms with E-state index in [0.717, 1.165) is 84.0 Å². The first-order valence-electron chi connectivity index (χ1n) is 41.2. The van der Waals surface area contributed by atoms with Crippen LogP contribution in [0.2, 0.25) is 0 Å². The molecule has 0 amide bonds. The van der Waals surface area contributed by atoms with E-state index in [9.17, 15) is 0 Å². The summed E-state index contributed by atoms with van der Waals surface area (Å²) in [6, 6.07) is 135. The molecule has 0 N–H and O–H groups in total. The standard InChI is InChI=1S/C41H35N2.C37H27N2.C32H25N2.CH4.3Ir/c1-27(2)36-25-35(29-13-6-5-7-14-29)26-37(28(3)4)40(36)43-39-20-11-10-19-38(39)42-41(43)34-18-12-17-32(24-34)33-22-21-30-15-8-9-16-31(30)23-33;1-25-10-8-11-26(2)36(25)39-35-24-32-15-7-6-14-31(32)23-34(35)38-37(39)33-17-9-16-30(22-33)29-20-18-28(19-21-29)27-12-4-3-5-13-27;1-21-16-22(2)31(23(3)17-21)34-30-20-27-13-8-7-12-26(27)19-29(30)33-32(34)28-15-9-14-25(18-28)24-10-5-4-6-11-24;;;;/h5-17,19-28H,1-4H3;3-16,18-24H,1-2H3;4-14,16-20H,1-3H3;1H4;;;/q3*-1;;;;/i;;;1D;;;. The minimum Gasteiger partial charge on any atom is -0.333 e. The molecule has 0 unspecified atom stereocenters. The second-order valence-electron chi connectivity index (χ2n) is 31.2. The molecule has 0 saturated heterocycles. The average Bonchev–Trinajstić information content (AvgIpc) is 1.61. The van der Waals surface area contributed by atoms with Crippen LogP contribution in [-0.2, 0) is 60.3 Å². The Labute approximate surface area is 746 Å². The van der Waals surface area contributed by atoms with Gasteiger partial charge in [-0.25, -0.2) is 0 Å². The molecule has 0 fully saturated rings. The molecule has 3 radical (unpaired) electrons. The van der Waals surface area contributed by atoms with Crippen molar-refractivity contribution in [2.45, 2.75) is 81.6 Å². The minimum atomic E-state index is 0. The van der Waals surface area contributed by atoms with E-state index in [4.69, 9.17) is 16.3 Å². The molecule has 595 valence electrons. The van der Waals surface area contributed by atoms with Crippen LogP contribution in [0.1, 0.15) is 87.2 Å². The average molecular weight is 2090 g/mol. The summed E-state index contributed by atoms with van der Waals surface area (Å²) in [4.78, 5) is 15.6. The maximum Gasteiger partial charge on any atom is 0.0780 e. The van der Waals surface area contributed by atoms with Crippen molar-refractivity contribution in [1.82, 2.24) is 28.7 Å². The van der Waals surface area contributed by atoms with Gasteiger partial charge in [0.05, 0.1) is 50.6 Å². The van der Waals surface area contributed by atoms with E-state index < -0.39 is 0 Å². The molecule has 6 nitrogen and oxygen atoms in total. The normalized spacial score (nSPS) is 11.2. The third kappa shape index (κ3) is 16.9. The van der Waals surface area contributed by atoms with Crippen LogP contribution in [0.15, 0.2) is 352 Å². The zero-order chi connectivity index (χ0) is 81.1. The third-order valence-corrected chi connectivity index (χ3v) is 22.5. The van der Waals surface area contributed by atoms with Crippen LogP contribution < -0.4 is 0 Å². The molecule has 120 heavy (non-hydrogen) atoms. The topological polar surface area (TPSA) is 53.5 Å². The maximum atomic E-state index is 5.75. The maximum absolute atomic E-state index is 5.75. The smallest absolute Gasteiger partial charge is 0.0780 e. The molecule has 0 spiro atoms. The Morgan fingerprint density at radius 1 is 0.258 bits per heavy atom. The minimum absolute atomic E-state index is 0. The summed E-state index contributed by atoms with van der Waals surface area (Å²) in [6.45, 7) is 20.1. The van der Waals surface area contributed by atoms with Crippen molar-refractivity contribution in [3.05, 3.63) is 409 Å². The molecule has 0 saturated carbocycles. The van der Waals surface area contributed by atoms with Crippen molar-refractivity contribution in [1.29, 1.82) is 0 Å². The van der Waals surface area contributed by atoms with E-state index in [1.807, 2.05) is 30.3 Å².